The summed E-state index contributed by atoms with van der Waals surface area (Å²) in [7, 11) is 2.14. The molecule has 0 aliphatic heterocycles. The molecule has 92 valence electrons. The van der Waals surface area contributed by atoms with Crippen LogP contribution in [-0.2, 0) is 13.5 Å². The van der Waals surface area contributed by atoms with Crippen molar-refractivity contribution in [3.05, 3.63) is 17.7 Å². The van der Waals surface area contributed by atoms with Gasteiger partial charge in [-0.05, 0) is 6.42 Å². The maximum absolute atomic E-state index is 3.27. The number of aryl methyl sites for hydroxylation is 2. The minimum atomic E-state index is 1.22. The van der Waals surface area contributed by atoms with E-state index in [0.717, 1.165) is 0 Å². The minimum absolute atomic E-state index is 1.22. The van der Waals surface area contributed by atoms with Crippen molar-refractivity contribution in [2.45, 2.75) is 65.2 Å². The van der Waals surface area contributed by atoms with E-state index in [9.17, 15) is 0 Å². The summed E-state index contributed by atoms with van der Waals surface area (Å²) in [5, 5.41) is 0. The average molecular weight is 223 g/mol. The van der Waals surface area contributed by atoms with Gasteiger partial charge in [0.05, 0.1) is 7.05 Å². The minimum Gasteiger partial charge on any atom is -0.248 e. The van der Waals surface area contributed by atoms with Crippen LogP contribution in [0.25, 0.3) is 0 Å². The van der Waals surface area contributed by atoms with Crippen LogP contribution in [0, 0.1) is 6.92 Å². The highest BCUT2D eigenvalue weighted by Gasteiger charge is 2.08. The largest absolute Gasteiger partial charge is 0.251 e. The molecule has 0 bridgehead atoms. The summed E-state index contributed by atoms with van der Waals surface area (Å²) in [5.74, 6) is 1.25. The first-order valence-electron chi connectivity index (χ1n) is 6.78. The predicted octanol–water partition coefficient (Wildman–Crippen LogP) is 3.44. The second-order valence-corrected chi connectivity index (χ2v) is 4.80. The molecule has 0 radical (unpaired) electrons. The molecule has 0 saturated heterocycles. The fourth-order valence-electron chi connectivity index (χ4n) is 2.10. The summed E-state index contributed by atoms with van der Waals surface area (Å²) in [6, 6.07) is 0. The monoisotopic (exact) mass is 223 g/mol. The Labute approximate surface area is 100 Å². The van der Waals surface area contributed by atoms with E-state index in [-0.39, 0.29) is 0 Å². The Morgan fingerprint density at radius 2 is 1.69 bits per heavy atom. The summed E-state index contributed by atoms with van der Waals surface area (Å²) in [5.41, 5.74) is 1.44. The third-order valence-corrected chi connectivity index (χ3v) is 3.42. The molecule has 0 aliphatic rings. The molecule has 1 heterocycles. The number of aromatic nitrogens is 2. The summed E-state index contributed by atoms with van der Waals surface area (Å²) in [6.07, 6.45) is 13.1. The second-order valence-electron chi connectivity index (χ2n) is 4.80. The van der Waals surface area contributed by atoms with Crippen LogP contribution < -0.4 is 4.57 Å². The van der Waals surface area contributed by atoms with Crippen molar-refractivity contribution in [1.29, 1.82) is 0 Å². The molecule has 2 nitrogen and oxygen atoms in total. The van der Waals surface area contributed by atoms with E-state index in [1.165, 1.54) is 62.9 Å². The molecule has 0 atom stereocenters. The van der Waals surface area contributed by atoms with Gasteiger partial charge in [0.15, 0.2) is 0 Å². The van der Waals surface area contributed by atoms with E-state index in [0.29, 0.717) is 0 Å². The number of rotatable bonds is 8. The molecule has 0 fully saturated rings. The number of unbranched alkanes of at least 4 members (excludes halogenated alkanes) is 6. The Hall–Kier alpha value is -0.790. The van der Waals surface area contributed by atoms with Gasteiger partial charge in [-0.25, -0.2) is 9.55 Å². The molecule has 16 heavy (non-hydrogen) atoms. The van der Waals surface area contributed by atoms with E-state index in [4.69, 9.17) is 0 Å². The quantitative estimate of drug-likeness (QED) is 0.514. The molecule has 0 saturated carbocycles. The van der Waals surface area contributed by atoms with Crippen molar-refractivity contribution < 1.29 is 4.57 Å². The van der Waals surface area contributed by atoms with Gasteiger partial charge in [-0.3, -0.25) is 0 Å². The van der Waals surface area contributed by atoms with E-state index < -0.39 is 0 Å². The molecule has 1 rings (SSSR count). The molecule has 0 spiro atoms. The lowest BCUT2D eigenvalue weighted by molar-refractivity contribution is -0.683. The number of aromatic amines is 1. The van der Waals surface area contributed by atoms with E-state index in [1.807, 2.05) is 0 Å². The molecule has 1 N–H and O–H groups in total. The van der Waals surface area contributed by atoms with Gasteiger partial charge in [-0.1, -0.05) is 45.4 Å². The van der Waals surface area contributed by atoms with Gasteiger partial charge in [-0.2, -0.15) is 0 Å². The zero-order chi connectivity index (χ0) is 11.8. The second kappa shape index (κ2) is 7.48. The molecule has 1 aromatic heterocycles. The van der Waals surface area contributed by atoms with Crippen LogP contribution in [-0.4, -0.2) is 4.98 Å². The number of nitrogens with one attached hydrogen (secondary N) is 1. The maximum Gasteiger partial charge on any atom is 0.251 e. The zero-order valence-electron chi connectivity index (χ0n) is 11.2. The van der Waals surface area contributed by atoms with Crippen molar-refractivity contribution in [2.24, 2.45) is 7.05 Å². The molecule has 0 amide bonds. The third kappa shape index (κ3) is 4.38. The highest BCUT2D eigenvalue weighted by Crippen LogP contribution is 2.08. The Morgan fingerprint density at radius 3 is 2.25 bits per heavy atom. The SMILES string of the molecule is CCCCCCCCCc1c[nH]c(C)[n+]1C. The normalized spacial score (nSPS) is 10.9. The van der Waals surface area contributed by atoms with E-state index in [1.54, 1.807) is 0 Å². The van der Waals surface area contributed by atoms with Gasteiger partial charge in [0.1, 0.15) is 11.9 Å². The molecular formula is C14H27N2+. The molecular weight excluding hydrogens is 196 g/mol. The number of nitrogens with zero attached hydrogens (tertiary/aromatic N) is 1. The molecule has 1 aromatic rings. The number of imidazole rings is 1. The van der Waals surface area contributed by atoms with Gasteiger partial charge in [-0.15, -0.1) is 0 Å². The van der Waals surface area contributed by atoms with Crippen LogP contribution in [0.2, 0.25) is 0 Å². The Balaban J connectivity index is 2.05. The Bertz CT molecular complexity index is 289. The first-order chi connectivity index (χ1) is 7.75. The zero-order valence-corrected chi connectivity index (χ0v) is 11.2. The van der Waals surface area contributed by atoms with Crippen molar-refractivity contribution in [3.8, 4) is 0 Å². The Morgan fingerprint density at radius 1 is 1.06 bits per heavy atom. The number of hydrogen-bond acceptors (Lipinski definition) is 0. The summed E-state index contributed by atoms with van der Waals surface area (Å²) < 4.78 is 2.26. The van der Waals surface area contributed by atoms with Crippen molar-refractivity contribution in [3.63, 3.8) is 0 Å². The van der Waals surface area contributed by atoms with Crippen LogP contribution in [0.3, 0.4) is 0 Å². The highest BCUT2D eigenvalue weighted by molar-refractivity contribution is 4.89. The maximum atomic E-state index is 3.27. The van der Waals surface area contributed by atoms with Crippen LogP contribution in [0.4, 0.5) is 0 Å². The van der Waals surface area contributed by atoms with Crippen molar-refractivity contribution in [1.82, 2.24) is 4.98 Å². The van der Waals surface area contributed by atoms with Gasteiger partial charge >= 0.3 is 0 Å². The molecule has 2 heteroatoms. The van der Waals surface area contributed by atoms with Gasteiger partial charge < -0.3 is 0 Å². The molecule has 0 aliphatic carbocycles. The van der Waals surface area contributed by atoms with Gasteiger partial charge in [0.2, 0.25) is 0 Å². The fraction of sp³-hybridized carbons (Fsp3) is 0.786. The first kappa shape index (κ1) is 13.3. The lowest BCUT2D eigenvalue weighted by Gasteiger charge is -2.00. The fourth-order valence-corrected chi connectivity index (χ4v) is 2.10. The van der Waals surface area contributed by atoms with Crippen molar-refractivity contribution in [2.75, 3.05) is 0 Å². The predicted molar refractivity (Wildman–Crippen MR) is 68.4 cm³/mol. The summed E-state index contributed by atoms with van der Waals surface area (Å²) >= 11 is 0. The van der Waals surface area contributed by atoms with Crippen LogP contribution >= 0.6 is 0 Å². The standard InChI is InChI=1S/C14H26N2/c1-4-5-6-7-8-9-10-11-14-12-15-13(2)16(14)3/h12H,4-11H2,1-3H3/p+1. The lowest BCUT2D eigenvalue weighted by Crippen LogP contribution is -2.33. The number of H-pyrrole nitrogens is 1. The van der Waals surface area contributed by atoms with Gasteiger partial charge in [0, 0.05) is 13.3 Å². The van der Waals surface area contributed by atoms with E-state index in [2.05, 4.69) is 36.6 Å². The average Bonchev–Trinajstić information content (AvgIpc) is 2.59. The first-order valence-corrected chi connectivity index (χ1v) is 6.78. The van der Waals surface area contributed by atoms with Crippen LogP contribution in [0.5, 0.6) is 0 Å². The smallest absolute Gasteiger partial charge is 0.248 e. The summed E-state index contributed by atoms with van der Waals surface area (Å²) in [6.45, 7) is 4.39. The summed E-state index contributed by atoms with van der Waals surface area (Å²) in [4.78, 5) is 3.27. The Kier molecular flexibility index (Phi) is 6.20. The van der Waals surface area contributed by atoms with E-state index >= 15 is 0 Å². The third-order valence-electron chi connectivity index (χ3n) is 3.42. The van der Waals surface area contributed by atoms with Crippen molar-refractivity contribution >= 4 is 0 Å². The van der Waals surface area contributed by atoms with Crippen LogP contribution in [0.15, 0.2) is 6.20 Å². The molecule has 0 unspecified atom stereocenters. The molecule has 0 aromatic carbocycles. The number of hydrogen-bond donors (Lipinski definition) is 1. The topological polar surface area (TPSA) is 19.7 Å². The van der Waals surface area contributed by atoms with Gasteiger partial charge in [0.25, 0.3) is 5.82 Å². The highest BCUT2D eigenvalue weighted by atomic mass is 15.0. The lowest BCUT2D eigenvalue weighted by atomic mass is 10.1. The van der Waals surface area contributed by atoms with Crippen LogP contribution in [0.1, 0.15) is 63.4 Å².